The van der Waals surface area contributed by atoms with E-state index >= 15 is 0 Å². The molecule has 3 aromatic rings. The summed E-state index contributed by atoms with van der Waals surface area (Å²) in [6.07, 6.45) is 4.36. The number of methoxy groups -OCH3 is 1. The molecule has 0 atom stereocenters. The molecule has 1 amide bonds. The summed E-state index contributed by atoms with van der Waals surface area (Å²) >= 11 is 6.41. The molecule has 0 saturated carbocycles. The van der Waals surface area contributed by atoms with E-state index in [1.165, 1.54) is 12.5 Å². The van der Waals surface area contributed by atoms with Crippen molar-refractivity contribution in [3.8, 4) is 5.75 Å². The summed E-state index contributed by atoms with van der Waals surface area (Å²) in [6, 6.07) is 13.6. The van der Waals surface area contributed by atoms with Gasteiger partial charge in [-0.25, -0.2) is 18.2 Å². The molecule has 2 aromatic carbocycles. The molecular weight excluding hydrogens is 642 g/mol. The number of piperidine rings is 1. The number of hydrogen-bond donors (Lipinski definition) is 2. The summed E-state index contributed by atoms with van der Waals surface area (Å²) in [5.41, 5.74) is 2.48. The number of benzene rings is 2. The fourth-order valence-corrected chi connectivity index (χ4v) is 6.83. The van der Waals surface area contributed by atoms with Crippen molar-refractivity contribution in [3.05, 3.63) is 59.2 Å². The Morgan fingerprint density at radius 3 is 2.36 bits per heavy atom. The molecule has 1 aromatic heterocycles. The number of anilines is 5. The highest BCUT2D eigenvalue weighted by Gasteiger charge is 2.31. The Labute approximate surface area is 282 Å². The molecule has 14 heteroatoms. The van der Waals surface area contributed by atoms with Crippen LogP contribution < -0.4 is 20.3 Å². The maximum absolute atomic E-state index is 12.5. The van der Waals surface area contributed by atoms with Crippen LogP contribution in [0.5, 0.6) is 5.75 Å². The second-order valence-electron chi connectivity index (χ2n) is 13.0. The van der Waals surface area contributed by atoms with E-state index in [0.717, 1.165) is 57.8 Å². The minimum Gasteiger partial charge on any atom is -0.494 e. The number of para-hydroxylation sites is 1. The number of halogens is 1. The van der Waals surface area contributed by atoms with Crippen LogP contribution in [0.1, 0.15) is 39.2 Å². The SMILES string of the molecule is COc1cc(N2CCN(C3CCN(C(=O)OC(C)(C)C)CC3)CC2)ccc1Nc1ncc(Cl)c(Nc2ccccc2CS(C)(=O)=O)n1. The number of hydrogen-bond acceptors (Lipinski definition) is 11. The fraction of sp³-hybridized carbons (Fsp3) is 0.485. The lowest BCUT2D eigenvalue weighted by molar-refractivity contribution is 0.0140. The second kappa shape index (κ2) is 14.5. The summed E-state index contributed by atoms with van der Waals surface area (Å²) < 4.78 is 35.2. The molecule has 2 aliphatic heterocycles. The molecule has 2 N–H and O–H groups in total. The number of carbonyl (C=O) groups is 1. The highest BCUT2D eigenvalue weighted by atomic mass is 35.5. The van der Waals surface area contributed by atoms with Crippen LogP contribution in [0.15, 0.2) is 48.7 Å². The van der Waals surface area contributed by atoms with E-state index in [1.807, 2.05) is 43.9 Å². The summed E-state index contributed by atoms with van der Waals surface area (Å²) in [5.74, 6) is 1.17. The van der Waals surface area contributed by atoms with Gasteiger partial charge in [0, 0.05) is 69.0 Å². The van der Waals surface area contributed by atoms with Gasteiger partial charge in [0.05, 0.1) is 24.7 Å². The third kappa shape index (κ3) is 9.39. The molecule has 254 valence electrons. The van der Waals surface area contributed by atoms with Gasteiger partial charge in [-0.3, -0.25) is 4.90 Å². The third-order valence-corrected chi connectivity index (χ3v) is 9.29. The van der Waals surface area contributed by atoms with Gasteiger partial charge in [0.15, 0.2) is 15.7 Å². The number of carbonyl (C=O) groups excluding carboxylic acids is 1. The number of likely N-dealkylation sites (tertiary alicyclic amines) is 1. The van der Waals surface area contributed by atoms with Crippen LogP contribution in [0.2, 0.25) is 5.02 Å². The first kappa shape index (κ1) is 34.5. The Balaban J connectivity index is 1.19. The number of amides is 1. The van der Waals surface area contributed by atoms with E-state index in [4.69, 9.17) is 21.1 Å². The average molecular weight is 686 g/mol. The van der Waals surface area contributed by atoms with Gasteiger partial charge in [-0.1, -0.05) is 29.8 Å². The van der Waals surface area contributed by atoms with E-state index in [9.17, 15) is 13.2 Å². The first-order valence-electron chi connectivity index (χ1n) is 15.7. The number of nitrogens with one attached hydrogen (secondary N) is 2. The van der Waals surface area contributed by atoms with Gasteiger partial charge in [0.25, 0.3) is 0 Å². The number of rotatable bonds is 9. The van der Waals surface area contributed by atoms with E-state index in [-0.39, 0.29) is 11.8 Å². The van der Waals surface area contributed by atoms with E-state index < -0.39 is 15.4 Å². The predicted molar refractivity (Wildman–Crippen MR) is 186 cm³/mol. The highest BCUT2D eigenvalue weighted by molar-refractivity contribution is 7.89. The molecule has 2 fully saturated rings. The van der Waals surface area contributed by atoms with Crippen molar-refractivity contribution in [1.29, 1.82) is 0 Å². The van der Waals surface area contributed by atoms with Crippen molar-refractivity contribution in [3.63, 3.8) is 0 Å². The first-order valence-corrected chi connectivity index (χ1v) is 18.2. The van der Waals surface area contributed by atoms with Crippen LogP contribution in [0.25, 0.3) is 0 Å². The lowest BCUT2D eigenvalue weighted by Gasteiger charge is -2.43. The van der Waals surface area contributed by atoms with Crippen molar-refractivity contribution in [1.82, 2.24) is 19.8 Å². The molecule has 12 nitrogen and oxygen atoms in total. The van der Waals surface area contributed by atoms with Gasteiger partial charge in [0.1, 0.15) is 16.4 Å². The molecule has 0 spiro atoms. The predicted octanol–water partition coefficient (Wildman–Crippen LogP) is 5.69. The minimum absolute atomic E-state index is 0.113. The third-order valence-electron chi connectivity index (χ3n) is 8.18. The number of aromatic nitrogens is 2. The summed E-state index contributed by atoms with van der Waals surface area (Å²) in [4.78, 5) is 28.1. The maximum Gasteiger partial charge on any atom is 0.410 e. The second-order valence-corrected chi connectivity index (χ2v) is 15.5. The Hall–Kier alpha value is -3.81. The smallest absolute Gasteiger partial charge is 0.410 e. The van der Waals surface area contributed by atoms with Gasteiger partial charge >= 0.3 is 6.09 Å². The van der Waals surface area contributed by atoms with Gasteiger partial charge in [-0.2, -0.15) is 4.98 Å². The maximum atomic E-state index is 12.5. The minimum atomic E-state index is -3.24. The largest absolute Gasteiger partial charge is 0.494 e. The summed E-state index contributed by atoms with van der Waals surface area (Å²) in [5, 5.41) is 6.68. The number of nitrogens with zero attached hydrogens (tertiary/aromatic N) is 5. The van der Waals surface area contributed by atoms with Crippen LogP contribution in [0.4, 0.5) is 33.6 Å². The van der Waals surface area contributed by atoms with E-state index in [2.05, 4.69) is 36.5 Å². The summed E-state index contributed by atoms with van der Waals surface area (Å²) in [6.45, 7) is 10.8. The van der Waals surface area contributed by atoms with Crippen molar-refractivity contribution in [2.24, 2.45) is 0 Å². The standard InChI is InChI=1S/C33H44ClN7O5S/c1-33(2,3)46-32(42)41-14-12-24(13-15-41)39-16-18-40(19-17-39)25-10-11-28(29(20-25)45-4)37-31-35-21-26(34)30(38-31)36-27-9-7-6-8-23(27)22-47(5,43)44/h6-11,20-21,24H,12-19,22H2,1-5H3,(H2,35,36,37,38). The number of ether oxygens (including phenoxy) is 2. The van der Waals surface area contributed by atoms with Crippen LogP contribution in [0, 0.1) is 0 Å². The Morgan fingerprint density at radius 1 is 1.00 bits per heavy atom. The molecule has 2 aliphatic rings. The van der Waals surface area contributed by atoms with Gasteiger partial charge in [0.2, 0.25) is 5.95 Å². The Bertz CT molecular complexity index is 1670. The fourth-order valence-electron chi connectivity index (χ4n) is 5.88. The Kier molecular flexibility index (Phi) is 10.7. The van der Waals surface area contributed by atoms with Crippen molar-refractivity contribution >= 4 is 56.4 Å². The van der Waals surface area contributed by atoms with Crippen LogP contribution in [-0.4, -0.2) is 98.6 Å². The number of piperazine rings is 1. The quantitative estimate of drug-likeness (QED) is 0.288. The van der Waals surface area contributed by atoms with Crippen molar-refractivity contribution in [2.45, 2.75) is 51.0 Å². The molecule has 5 rings (SSSR count). The number of sulfone groups is 1. The van der Waals surface area contributed by atoms with Crippen LogP contribution in [-0.2, 0) is 20.3 Å². The molecule has 0 bridgehead atoms. The molecule has 2 saturated heterocycles. The lowest BCUT2D eigenvalue weighted by Crippen LogP contribution is -2.54. The molecule has 0 aliphatic carbocycles. The molecule has 47 heavy (non-hydrogen) atoms. The van der Waals surface area contributed by atoms with Crippen molar-refractivity contribution in [2.75, 3.05) is 68.2 Å². The topological polar surface area (TPSA) is 129 Å². The zero-order valence-corrected chi connectivity index (χ0v) is 29.2. The molecule has 0 radical (unpaired) electrons. The normalized spacial score (nSPS) is 16.6. The highest BCUT2D eigenvalue weighted by Crippen LogP contribution is 2.34. The van der Waals surface area contributed by atoms with Gasteiger partial charge in [-0.05, 0) is 57.4 Å². The molecule has 3 heterocycles. The molecule has 0 unspecified atom stereocenters. The van der Waals surface area contributed by atoms with E-state index in [1.54, 1.807) is 25.3 Å². The van der Waals surface area contributed by atoms with Crippen LogP contribution in [0.3, 0.4) is 0 Å². The zero-order chi connectivity index (χ0) is 33.8. The lowest BCUT2D eigenvalue weighted by atomic mass is 10.0. The Morgan fingerprint density at radius 2 is 1.70 bits per heavy atom. The van der Waals surface area contributed by atoms with Crippen LogP contribution >= 0.6 is 11.6 Å². The monoisotopic (exact) mass is 685 g/mol. The molecular formula is C33H44ClN7O5S. The van der Waals surface area contributed by atoms with Gasteiger partial charge < -0.3 is 29.9 Å². The van der Waals surface area contributed by atoms with E-state index in [0.29, 0.717) is 45.5 Å². The first-order chi connectivity index (χ1) is 22.3. The van der Waals surface area contributed by atoms with Gasteiger partial charge in [-0.15, -0.1) is 0 Å². The average Bonchev–Trinajstić information content (AvgIpc) is 3.02. The summed E-state index contributed by atoms with van der Waals surface area (Å²) in [7, 11) is -1.62. The van der Waals surface area contributed by atoms with Crippen molar-refractivity contribution < 1.29 is 22.7 Å². The zero-order valence-electron chi connectivity index (χ0n) is 27.6.